The van der Waals surface area contributed by atoms with Crippen LogP contribution in [0.3, 0.4) is 0 Å². The van der Waals surface area contributed by atoms with E-state index in [1.54, 1.807) is 13.0 Å². The van der Waals surface area contributed by atoms with Crippen LogP contribution in [0, 0.1) is 6.92 Å². The lowest BCUT2D eigenvalue weighted by Crippen LogP contribution is -2.33. The van der Waals surface area contributed by atoms with Gasteiger partial charge in [-0.05, 0) is 24.4 Å². The second-order valence-corrected chi connectivity index (χ2v) is 3.90. The fourth-order valence-corrected chi connectivity index (χ4v) is 1.67. The molecular weight excluding hydrogens is 277 g/mol. The van der Waals surface area contributed by atoms with Gasteiger partial charge in [0.05, 0.1) is 0 Å². The summed E-state index contributed by atoms with van der Waals surface area (Å²) in [6.07, 6.45) is -4.13. The first-order valence-electron chi connectivity index (χ1n) is 6.04. The van der Waals surface area contributed by atoms with Crippen LogP contribution in [0.4, 0.5) is 22.0 Å². The van der Waals surface area contributed by atoms with Gasteiger partial charge in [0, 0.05) is 22.8 Å². The Hall–Kier alpha value is -1.72. The Bertz CT molecular complexity index is 590. The zero-order valence-electron chi connectivity index (χ0n) is 11.2. The maximum absolute atomic E-state index is 13.2. The van der Waals surface area contributed by atoms with E-state index in [2.05, 4.69) is 4.98 Å². The number of aromatic nitrogens is 1. The highest BCUT2D eigenvalue weighted by molar-refractivity contribution is 5.85. The Labute approximate surface area is 113 Å². The summed E-state index contributed by atoms with van der Waals surface area (Å²) in [4.78, 5) is 3.87. The first kappa shape index (κ1) is 16.3. The van der Waals surface area contributed by atoms with Gasteiger partial charge in [0.25, 0.3) is 0 Å². The highest BCUT2D eigenvalue weighted by atomic mass is 19.4. The predicted octanol–water partition coefficient (Wildman–Crippen LogP) is 5.22. The van der Waals surface area contributed by atoms with Gasteiger partial charge in [0.2, 0.25) is 0 Å². The molecule has 1 aromatic heterocycles. The van der Waals surface area contributed by atoms with Crippen LogP contribution in [-0.2, 0) is 5.92 Å². The molecule has 1 heterocycles. The molecule has 0 aliphatic rings. The van der Waals surface area contributed by atoms with Gasteiger partial charge >= 0.3 is 12.1 Å². The maximum Gasteiger partial charge on any atom is 0.458 e. The number of hydrogen-bond acceptors (Lipinski definition) is 1. The van der Waals surface area contributed by atoms with Crippen molar-refractivity contribution < 1.29 is 22.0 Å². The van der Waals surface area contributed by atoms with Crippen LogP contribution < -0.4 is 0 Å². The summed E-state index contributed by atoms with van der Waals surface area (Å²) in [6, 6.07) is 4.41. The molecule has 6 heteroatoms. The second kappa shape index (κ2) is 5.73. The van der Waals surface area contributed by atoms with E-state index in [9.17, 15) is 22.0 Å². The minimum Gasteiger partial charge on any atom is -0.261 e. The van der Waals surface area contributed by atoms with Crippen LogP contribution in [0.1, 0.15) is 25.1 Å². The van der Waals surface area contributed by atoms with Crippen molar-refractivity contribution in [3.8, 4) is 0 Å². The minimum atomic E-state index is -5.60. The molecule has 2 rings (SSSR count). The van der Waals surface area contributed by atoms with Gasteiger partial charge in [0.1, 0.15) is 0 Å². The molecule has 0 atom stereocenters. The zero-order valence-corrected chi connectivity index (χ0v) is 11.2. The summed E-state index contributed by atoms with van der Waals surface area (Å²) in [5.74, 6) is -4.86. The van der Waals surface area contributed by atoms with Gasteiger partial charge in [0.15, 0.2) is 0 Å². The van der Waals surface area contributed by atoms with Crippen LogP contribution in [0.5, 0.6) is 0 Å². The summed E-state index contributed by atoms with van der Waals surface area (Å²) in [6.45, 7) is 5.55. The molecule has 0 spiro atoms. The number of pyridine rings is 1. The largest absolute Gasteiger partial charge is 0.458 e. The molecule has 20 heavy (non-hydrogen) atoms. The van der Waals surface area contributed by atoms with Gasteiger partial charge in [-0.2, -0.15) is 22.0 Å². The molecule has 1 aromatic carbocycles. The van der Waals surface area contributed by atoms with Crippen LogP contribution in [0.25, 0.3) is 10.8 Å². The first-order valence-corrected chi connectivity index (χ1v) is 6.04. The SMILES string of the molecule is CC.Cc1nccc2ccc(C(F)(F)C(F)(F)F)cc12. The Kier molecular flexibility index (Phi) is 4.68. The highest BCUT2D eigenvalue weighted by Crippen LogP contribution is 2.44. The van der Waals surface area contributed by atoms with Gasteiger partial charge in [-0.3, -0.25) is 4.98 Å². The van der Waals surface area contributed by atoms with E-state index in [-0.39, 0.29) is 0 Å². The average Bonchev–Trinajstić information content (AvgIpc) is 2.40. The summed E-state index contributed by atoms with van der Waals surface area (Å²) < 4.78 is 63.1. The third-order valence-electron chi connectivity index (χ3n) is 2.68. The zero-order chi connectivity index (χ0) is 15.6. The Morgan fingerprint density at radius 1 is 0.950 bits per heavy atom. The smallest absolute Gasteiger partial charge is 0.261 e. The molecule has 0 unspecified atom stereocenters. The monoisotopic (exact) mass is 291 g/mol. The molecule has 0 N–H and O–H groups in total. The molecule has 0 saturated heterocycles. The molecule has 110 valence electrons. The second-order valence-electron chi connectivity index (χ2n) is 3.90. The number of halogens is 5. The Morgan fingerprint density at radius 2 is 1.55 bits per heavy atom. The third-order valence-corrected chi connectivity index (χ3v) is 2.68. The van der Waals surface area contributed by atoms with Crippen molar-refractivity contribution in [3.63, 3.8) is 0 Å². The lowest BCUT2D eigenvalue weighted by Gasteiger charge is -2.20. The third kappa shape index (κ3) is 2.89. The quantitative estimate of drug-likeness (QED) is 0.656. The van der Waals surface area contributed by atoms with Gasteiger partial charge in [-0.25, -0.2) is 0 Å². The molecule has 0 bridgehead atoms. The molecule has 0 fully saturated rings. The summed E-state index contributed by atoms with van der Waals surface area (Å²) in [5.41, 5.74) is -0.661. The average molecular weight is 291 g/mol. The van der Waals surface area contributed by atoms with Crippen molar-refractivity contribution >= 4 is 10.8 Å². The molecule has 0 saturated carbocycles. The van der Waals surface area contributed by atoms with E-state index in [4.69, 9.17) is 0 Å². The van der Waals surface area contributed by atoms with Crippen LogP contribution in [-0.4, -0.2) is 11.2 Å². The standard InChI is InChI=1S/C12H8F5N.C2H6/c1-7-10-6-9(11(13,14)12(15,16)17)3-2-8(10)4-5-18-7;1-2/h2-6H,1H3;1-2H3. The van der Waals surface area contributed by atoms with Crippen molar-refractivity contribution in [2.45, 2.75) is 32.9 Å². The van der Waals surface area contributed by atoms with Crippen molar-refractivity contribution in [2.75, 3.05) is 0 Å². The number of rotatable bonds is 1. The van der Waals surface area contributed by atoms with Gasteiger partial charge in [-0.1, -0.05) is 26.0 Å². The van der Waals surface area contributed by atoms with E-state index < -0.39 is 17.7 Å². The maximum atomic E-state index is 13.2. The fraction of sp³-hybridized carbons (Fsp3) is 0.357. The highest BCUT2D eigenvalue weighted by Gasteiger charge is 2.58. The van der Waals surface area contributed by atoms with Crippen LogP contribution >= 0.6 is 0 Å². The normalized spacial score (nSPS) is 12.0. The first-order chi connectivity index (χ1) is 9.23. The van der Waals surface area contributed by atoms with E-state index >= 15 is 0 Å². The minimum absolute atomic E-state index is 0.291. The lowest BCUT2D eigenvalue weighted by atomic mass is 10.0. The molecule has 0 aliphatic heterocycles. The van der Waals surface area contributed by atoms with Crippen molar-refractivity contribution in [1.29, 1.82) is 0 Å². The molecule has 0 amide bonds. The number of fused-ring (bicyclic) bond motifs is 1. The van der Waals surface area contributed by atoms with E-state index in [0.717, 1.165) is 12.1 Å². The molecule has 0 radical (unpaired) electrons. The van der Waals surface area contributed by atoms with Crippen molar-refractivity contribution in [1.82, 2.24) is 4.98 Å². The molecule has 2 aromatic rings. The summed E-state index contributed by atoms with van der Waals surface area (Å²) >= 11 is 0. The fourth-order valence-electron chi connectivity index (χ4n) is 1.67. The number of hydrogen-bond donors (Lipinski definition) is 0. The van der Waals surface area contributed by atoms with E-state index in [0.29, 0.717) is 16.5 Å². The molecule has 0 aliphatic carbocycles. The molecule has 1 nitrogen and oxygen atoms in total. The van der Waals surface area contributed by atoms with E-state index in [1.165, 1.54) is 12.3 Å². The Balaban J connectivity index is 0.000000956. The van der Waals surface area contributed by atoms with Crippen LogP contribution in [0.15, 0.2) is 30.5 Å². The van der Waals surface area contributed by atoms with Crippen LogP contribution in [0.2, 0.25) is 0 Å². The predicted molar refractivity (Wildman–Crippen MR) is 67.8 cm³/mol. The summed E-state index contributed by atoms with van der Waals surface area (Å²) in [7, 11) is 0. The lowest BCUT2D eigenvalue weighted by molar-refractivity contribution is -0.289. The van der Waals surface area contributed by atoms with E-state index in [1.807, 2.05) is 13.8 Å². The van der Waals surface area contributed by atoms with Crippen molar-refractivity contribution in [2.24, 2.45) is 0 Å². The topological polar surface area (TPSA) is 12.9 Å². The van der Waals surface area contributed by atoms with Crippen molar-refractivity contribution in [3.05, 3.63) is 41.7 Å². The number of alkyl halides is 5. The number of nitrogens with zero attached hydrogens (tertiary/aromatic N) is 1. The van der Waals surface area contributed by atoms with Gasteiger partial charge < -0.3 is 0 Å². The number of aryl methyl sites for hydroxylation is 1. The summed E-state index contributed by atoms with van der Waals surface area (Å²) in [5, 5.41) is 0.864. The number of benzene rings is 1. The van der Waals surface area contributed by atoms with Gasteiger partial charge in [-0.15, -0.1) is 0 Å². The Morgan fingerprint density at radius 3 is 2.10 bits per heavy atom. The molecular formula is C14H14F5N.